The molecule has 0 amide bonds. The SMILES string of the molecule is N#Cc1cccnc1NCc1ccccc1OCCN1CCOCC1. The molecule has 0 atom stereocenters. The minimum absolute atomic E-state index is 0.535. The van der Waals surface area contributed by atoms with Crippen LogP contribution < -0.4 is 10.1 Å². The molecule has 0 radical (unpaired) electrons. The minimum Gasteiger partial charge on any atom is -0.492 e. The molecule has 2 aromatic rings. The van der Waals surface area contributed by atoms with Gasteiger partial charge < -0.3 is 14.8 Å². The number of anilines is 1. The summed E-state index contributed by atoms with van der Waals surface area (Å²) < 4.78 is 11.3. The van der Waals surface area contributed by atoms with Crippen LogP contribution >= 0.6 is 0 Å². The van der Waals surface area contributed by atoms with Crippen LogP contribution in [0.4, 0.5) is 5.82 Å². The monoisotopic (exact) mass is 338 g/mol. The number of rotatable bonds is 7. The molecule has 3 rings (SSSR count). The fourth-order valence-corrected chi connectivity index (χ4v) is 2.72. The minimum atomic E-state index is 0.535. The number of nitrogens with one attached hydrogen (secondary N) is 1. The molecule has 1 aliphatic rings. The number of pyridine rings is 1. The Hall–Kier alpha value is -2.62. The van der Waals surface area contributed by atoms with Gasteiger partial charge in [0.15, 0.2) is 0 Å². The molecule has 1 saturated heterocycles. The summed E-state index contributed by atoms with van der Waals surface area (Å²) in [6.45, 7) is 5.61. The van der Waals surface area contributed by atoms with Crippen LogP contribution in [0.25, 0.3) is 0 Å². The highest BCUT2D eigenvalue weighted by Crippen LogP contribution is 2.20. The van der Waals surface area contributed by atoms with E-state index in [4.69, 9.17) is 14.7 Å². The van der Waals surface area contributed by atoms with Crippen LogP contribution in [0.2, 0.25) is 0 Å². The second-order valence-electron chi connectivity index (χ2n) is 5.78. The van der Waals surface area contributed by atoms with Crippen LogP contribution in [0, 0.1) is 11.3 Å². The van der Waals surface area contributed by atoms with E-state index in [9.17, 15) is 0 Å². The molecule has 6 nitrogen and oxygen atoms in total. The molecule has 0 unspecified atom stereocenters. The number of morpholine rings is 1. The predicted octanol–water partition coefficient (Wildman–Crippen LogP) is 2.28. The molecule has 1 aromatic carbocycles. The lowest BCUT2D eigenvalue weighted by Gasteiger charge is -2.26. The van der Waals surface area contributed by atoms with Crippen LogP contribution in [-0.4, -0.2) is 49.3 Å². The third-order valence-electron chi connectivity index (χ3n) is 4.12. The van der Waals surface area contributed by atoms with E-state index < -0.39 is 0 Å². The van der Waals surface area contributed by atoms with Crippen molar-refractivity contribution in [1.29, 1.82) is 5.26 Å². The number of ether oxygens (including phenoxy) is 2. The van der Waals surface area contributed by atoms with E-state index in [-0.39, 0.29) is 0 Å². The molecule has 25 heavy (non-hydrogen) atoms. The zero-order valence-electron chi connectivity index (χ0n) is 14.1. The summed E-state index contributed by atoms with van der Waals surface area (Å²) in [4.78, 5) is 6.57. The van der Waals surface area contributed by atoms with Gasteiger partial charge in [-0.1, -0.05) is 18.2 Å². The average molecular weight is 338 g/mol. The van der Waals surface area contributed by atoms with Crippen molar-refractivity contribution in [3.63, 3.8) is 0 Å². The van der Waals surface area contributed by atoms with E-state index in [0.717, 1.165) is 44.2 Å². The zero-order valence-corrected chi connectivity index (χ0v) is 14.1. The Morgan fingerprint density at radius 1 is 1.20 bits per heavy atom. The number of aromatic nitrogens is 1. The summed E-state index contributed by atoms with van der Waals surface area (Å²) in [6.07, 6.45) is 1.67. The lowest BCUT2D eigenvalue weighted by atomic mass is 10.2. The Morgan fingerprint density at radius 2 is 2.04 bits per heavy atom. The van der Waals surface area contributed by atoms with Crippen molar-refractivity contribution in [3.8, 4) is 11.8 Å². The maximum atomic E-state index is 9.14. The maximum Gasteiger partial charge on any atom is 0.144 e. The Bertz CT molecular complexity index is 723. The standard InChI is InChI=1S/C19H22N4O2/c20-14-16-5-3-7-21-19(16)22-15-17-4-1-2-6-18(17)25-13-10-23-8-11-24-12-9-23/h1-7H,8-13,15H2,(H,21,22). The van der Waals surface area contributed by atoms with Gasteiger partial charge in [0.25, 0.3) is 0 Å². The van der Waals surface area contributed by atoms with Crippen molar-refractivity contribution in [1.82, 2.24) is 9.88 Å². The van der Waals surface area contributed by atoms with E-state index in [1.807, 2.05) is 24.3 Å². The van der Waals surface area contributed by atoms with E-state index in [1.54, 1.807) is 18.3 Å². The van der Waals surface area contributed by atoms with Gasteiger partial charge in [-0.15, -0.1) is 0 Å². The van der Waals surface area contributed by atoms with E-state index >= 15 is 0 Å². The summed E-state index contributed by atoms with van der Waals surface area (Å²) in [7, 11) is 0. The highest BCUT2D eigenvalue weighted by Gasteiger charge is 2.11. The first kappa shape index (κ1) is 17.2. The van der Waals surface area contributed by atoms with Gasteiger partial charge in [-0.2, -0.15) is 5.26 Å². The van der Waals surface area contributed by atoms with Gasteiger partial charge in [0.2, 0.25) is 0 Å². The maximum absolute atomic E-state index is 9.14. The van der Waals surface area contributed by atoms with Crippen LogP contribution in [0.1, 0.15) is 11.1 Å². The molecular formula is C19H22N4O2. The Kier molecular flexibility index (Phi) is 6.21. The number of nitrogens with zero attached hydrogens (tertiary/aromatic N) is 3. The van der Waals surface area contributed by atoms with Crippen molar-refractivity contribution in [2.75, 3.05) is 44.8 Å². The summed E-state index contributed by atoms with van der Waals surface area (Å²) in [5.41, 5.74) is 1.58. The van der Waals surface area contributed by atoms with Gasteiger partial charge in [-0.3, -0.25) is 4.90 Å². The molecule has 0 bridgehead atoms. The van der Waals surface area contributed by atoms with Crippen LogP contribution in [0.3, 0.4) is 0 Å². The number of benzene rings is 1. The molecule has 1 aliphatic heterocycles. The van der Waals surface area contributed by atoms with E-state index in [0.29, 0.717) is 24.5 Å². The van der Waals surface area contributed by atoms with Crippen LogP contribution in [0.5, 0.6) is 5.75 Å². The Balaban J connectivity index is 1.56. The summed E-state index contributed by atoms with van der Waals surface area (Å²) in [5, 5.41) is 12.4. The zero-order chi connectivity index (χ0) is 17.3. The second kappa shape index (κ2) is 9.02. The molecule has 0 aliphatic carbocycles. The van der Waals surface area contributed by atoms with Crippen LogP contribution in [-0.2, 0) is 11.3 Å². The highest BCUT2D eigenvalue weighted by molar-refractivity contribution is 5.52. The van der Waals surface area contributed by atoms with E-state index in [1.165, 1.54) is 0 Å². The summed E-state index contributed by atoms with van der Waals surface area (Å²) in [6, 6.07) is 13.6. The fraction of sp³-hybridized carbons (Fsp3) is 0.368. The van der Waals surface area contributed by atoms with E-state index in [2.05, 4.69) is 21.3 Å². The molecule has 0 spiro atoms. The third kappa shape index (κ3) is 4.92. The molecule has 130 valence electrons. The highest BCUT2D eigenvalue weighted by atomic mass is 16.5. The normalized spacial score (nSPS) is 14.7. The summed E-state index contributed by atoms with van der Waals surface area (Å²) >= 11 is 0. The van der Waals surface area contributed by atoms with Gasteiger partial charge in [-0.25, -0.2) is 4.98 Å². The Morgan fingerprint density at radius 3 is 2.88 bits per heavy atom. The van der Waals surface area contributed by atoms with Crippen molar-refractivity contribution in [2.45, 2.75) is 6.54 Å². The second-order valence-corrected chi connectivity index (χ2v) is 5.78. The van der Waals surface area contributed by atoms with Gasteiger partial charge >= 0.3 is 0 Å². The number of nitriles is 1. The Labute approximate surface area is 148 Å². The van der Waals surface area contributed by atoms with Crippen molar-refractivity contribution >= 4 is 5.82 Å². The largest absolute Gasteiger partial charge is 0.492 e. The molecule has 0 saturated carbocycles. The van der Waals surface area contributed by atoms with Crippen molar-refractivity contribution in [2.24, 2.45) is 0 Å². The lowest BCUT2D eigenvalue weighted by Crippen LogP contribution is -2.38. The van der Waals surface area contributed by atoms with Gasteiger partial charge in [0.1, 0.15) is 24.2 Å². The first-order chi connectivity index (χ1) is 12.4. The first-order valence-corrected chi connectivity index (χ1v) is 8.46. The average Bonchev–Trinajstić information content (AvgIpc) is 2.68. The molecule has 2 heterocycles. The van der Waals surface area contributed by atoms with Gasteiger partial charge in [0, 0.05) is 37.9 Å². The quantitative estimate of drug-likeness (QED) is 0.835. The van der Waals surface area contributed by atoms with Gasteiger partial charge in [0.05, 0.1) is 18.8 Å². The number of hydrogen-bond acceptors (Lipinski definition) is 6. The molecular weight excluding hydrogens is 316 g/mol. The molecule has 1 aromatic heterocycles. The summed E-state index contributed by atoms with van der Waals surface area (Å²) in [5.74, 6) is 1.45. The molecule has 1 fully saturated rings. The number of para-hydroxylation sites is 1. The van der Waals surface area contributed by atoms with Crippen molar-refractivity contribution < 1.29 is 9.47 Å². The molecule has 1 N–H and O–H groups in total. The topological polar surface area (TPSA) is 70.4 Å². The predicted molar refractivity (Wildman–Crippen MR) is 95.5 cm³/mol. The molecule has 6 heteroatoms. The first-order valence-electron chi connectivity index (χ1n) is 8.46. The van der Waals surface area contributed by atoms with Gasteiger partial charge in [-0.05, 0) is 18.2 Å². The third-order valence-corrected chi connectivity index (χ3v) is 4.12. The number of hydrogen-bond donors (Lipinski definition) is 1. The van der Waals surface area contributed by atoms with Crippen molar-refractivity contribution in [3.05, 3.63) is 53.7 Å². The lowest BCUT2D eigenvalue weighted by molar-refractivity contribution is 0.0322. The van der Waals surface area contributed by atoms with Crippen LogP contribution in [0.15, 0.2) is 42.6 Å². The fourth-order valence-electron chi connectivity index (χ4n) is 2.72. The smallest absolute Gasteiger partial charge is 0.144 e.